The average Bonchev–Trinajstić information content (AvgIpc) is 2.10. The molecule has 0 aliphatic rings. The van der Waals surface area contributed by atoms with Crippen LogP contribution >= 0.6 is 31.9 Å². The molecule has 13 heavy (non-hydrogen) atoms. The fraction of sp³-hybridized carbons (Fsp3) is 0.250. The van der Waals surface area contributed by atoms with Crippen LogP contribution in [0, 0.1) is 0 Å². The van der Waals surface area contributed by atoms with E-state index in [0.717, 1.165) is 4.47 Å². The minimum atomic E-state index is 0.0301. The highest BCUT2D eigenvalue weighted by atomic mass is 79.9. The lowest BCUT2D eigenvalue weighted by Gasteiger charge is -2.11. The van der Waals surface area contributed by atoms with Gasteiger partial charge in [0.05, 0.1) is 23.2 Å². The lowest BCUT2D eigenvalue weighted by molar-refractivity contribution is 0.330. The Morgan fingerprint density at radius 2 is 1.62 bits per heavy atom. The number of phenols is 1. The Kier molecular flexibility index (Phi) is 3.44. The van der Waals surface area contributed by atoms with E-state index < -0.39 is 0 Å². The van der Waals surface area contributed by atoms with Crippen LogP contribution in [0.5, 0.6) is 17.2 Å². The van der Waals surface area contributed by atoms with E-state index in [1.807, 2.05) is 0 Å². The number of ether oxygens (including phenoxy) is 2. The van der Waals surface area contributed by atoms with E-state index in [1.54, 1.807) is 6.07 Å². The van der Waals surface area contributed by atoms with E-state index in [-0.39, 0.29) is 5.75 Å². The molecule has 0 aliphatic carbocycles. The number of halogens is 2. The Labute approximate surface area is 92.9 Å². The Morgan fingerprint density at radius 3 is 2.08 bits per heavy atom. The molecule has 1 N–H and O–H groups in total. The van der Waals surface area contributed by atoms with Crippen LogP contribution in [0.1, 0.15) is 0 Å². The van der Waals surface area contributed by atoms with Gasteiger partial charge in [0.25, 0.3) is 0 Å². The molecule has 0 saturated carbocycles. The quantitative estimate of drug-likeness (QED) is 0.912. The first-order valence-corrected chi connectivity index (χ1v) is 4.99. The number of phenolic OH excluding ortho intramolecular Hbond substituents is 1. The van der Waals surface area contributed by atoms with Gasteiger partial charge in [0.2, 0.25) is 5.75 Å². The van der Waals surface area contributed by atoms with Crippen LogP contribution in [0.4, 0.5) is 0 Å². The van der Waals surface area contributed by atoms with Crippen molar-refractivity contribution >= 4 is 31.9 Å². The van der Waals surface area contributed by atoms with Gasteiger partial charge in [-0.2, -0.15) is 0 Å². The van der Waals surface area contributed by atoms with Crippen molar-refractivity contribution in [3.05, 3.63) is 15.0 Å². The summed E-state index contributed by atoms with van der Waals surface area (Å²) in [5.74, 6) is 0.814. The summed E-state index contributed by atoms with van der Waals surface area (Å²) in [5, 5.41) is 9.56. The molecule has 0 saturated heterocycles. The fourth-order valence-corrected chi connectivity index (χ4v) is 2.24. The third-order valence-electron chi connectivity index (χ3n) is 1.53. The summed E-state index contributed by atoms with van der Waals surface area (Å²) >= 11 is 6.47. The molecular weight excluding hydrogens is 304 g/mol. The first-order valence-electron chi connectivity index (χ1n) is 3.40. The minimum Gasteiger partial charge on any atom is -0.503 e. The molecule has 0 aliphatic heterocycles. The molecule has 0 heterocycles. The summed E-state index contributed by atoms with van der Waals surface area (Å²) in [5.41, 5.74) is 0. The maximum absolute atomic E-state index is 9.56. The Hall–Kier alpha value is -0.420. The van der Waals surface area contributed by atoms with Crippen LogP contribution in [-0.2, 0) is 0 Å². The van der Waals surface area contributed by atoms with Crippen LogP contribution in [0.2, 0.25) is 0 Å². The summed E-state index contributed by atoms with van der Waals surface area (Å²) in [6, 6.07) is 1.69. The lowest BCUT2D eigenvalue weighted by atomic mass is 10.3. The van der Waals surface area contributed by atoms with Gasteiger partial charge in [-0.25, -0.2) is 0 Å². The van der Waals surface area contributed by atoms with Crippen LogP contribution in [-0.4, -0.2) is 19.3 Å². The molecule has 0 unspecified atom stereocenters. The van der Waals surface area contributed by atoms with Gasteiger partial charge in [0.15, 0.2) is 11.5 Å². The van der Waals surface area contributed by atoms with E-state index in [1.165, 1.54) is 14.2 Å². The van der Waals surface area contributed by atoms with Gasteiger partial charge in [0.1, 0.15) is 0 Å². The molecule has 0 fully saturated rings. The predicted molar refractivity (Wildman–Crippen MR) is 56.6 cm³/mol. The van der Waals surface area contributed by atoms with E-state index in [2.05, 4.69) is 31.9 Å². The van der Waals surface area contributed by atoms with Gasteiger partial charge in [-0.1, -0.05) is 0 Å². The molecule has 0 radical (unpaired) electrons. The zero-order valence-electron chi connectivity index (χ0n) is 7.10. The summed E-state index contributed by atoms with van der Waals surface area (Å²) < 4.78 is 11.3. The second-order valence-electron chi connectivity index (χ2n) is 2.26. The second-order valence-corrected chi connectivity index (χ2v) is 3.96. The maximum atomic E-state index is 9.56. The fourth-order valence-electron chi connectivity index (χ4n) is 0.949. The van der Waals surface area contributed by atoms with E-state index in [0.29, 0.717) is 16.0 Å². The Balaban J connectivity index is 3.41. The zero-order valence-corrected chi connectivity index (χ0v) is 10.3. The van der Waals surface area contributed by atoms with Crippen molar-refractivity contribution in [3.63, 3.8) is 0 Å². The molecule has 1 aromatic rings. The van der Waals surface area contributed by atoms with Gasteiger partial charge < -0.3 is 14.6 Å². The van der Waals surface area contributed by atoms with E-state index in [9.17, 15) is 5.11 Å². The highest BCUT2D eigenvalue weighted by molar-refractivity contribution is 9.11. The molecule has 0 amide bonds. The molecule has 5 heteroatoms. The van der Waals surface area contributed by atoms with Crippen molar-refractivity contribution in [2.24, 2.45) is 0 Å². The number of aromatic hydroxyl groups is 1. The van der Waals surface area contributed by atoms with Crippen molar-refractivity contribution in [1.29, 1.82) is 0 Å². The summed E-state index contributed by atoms with van der Waals surface area (Å²) in [6.45, 7) is 0. The number of hydrogen-bond acceptors (Lipinski definition) is 3. The second kappa shape index (κ2) is 4.19. The summed E-state index contributed by atoms with van der Waals surface area (Å²) in [6.07, 6.45) is 0. The third kappa shape index (κ3) is 1.91. The topological polar surface area (TPSA) is 38.7 Å². The molecule has 1 aromatic carbocycles. The first kappa shape index (κ1) is 10.7. The molecule has 0 bridgehead atoms. The molecule has 3 nitrogen and oxygen atoms in total. The highest BCUT2D eigenvalue weighted by Crippen LogP contribution is 2.46. The number of benzene rings is 1. The van der Waals surface area contributed by atoms with E-state index >= 15 is 0 Å². The molecule has 1 rings (SSSR count). The molecule has 0 aromatic heterocycles. The SMILES string of the molecule is COc1c(Br)cc(Br)c(O)c1OC. The van der Waals surface area contributed by atoms with Gasteiger partial charge in [0, 0.05) is 0 Å². The number of rotatable bonds is 2. The van der Waals surface area contributed by atoms with Crippen molar-refractivity contribution in [2.75, 3.05) is 14.2 Å². The normalized spacial score (nSPS) is 9.85. The molecule has 0 atom stereocenters. The zero-order chi connectivity index (χ0) is 10.0. The highest BCUT2D eigenvalue weighted by Gasteiger charge is 2.16. The van der Waals surface area contributed by atoms with Crippen LogP contribution in [0.3, 0.4) is 0 Å². The van der Waals surface area contributed by atoms with Crippen molar-refractivity contribution < 1.29 is 14.6 Å². The number of methoxy groups -OCH3 is 2. The van der Waals surface area contributed by atoms with Crippen LogP contribution in [0.15, 0.2) is 15.0 Å². The van der Waals surface area contributed by atoms with Gasteiger partial charge >= 0.3 is 0 Å². The first-order chi connectivity index (χ1) is 6.11. The van der Waals surface area contributed by atoms with E-state index in [4.69, 9.17) is 9.47 Å². The maximum Gasteiger partial charge on any atom is 0.205 e. The molecular formula is C8H8Br2O3. The van der Waals surface area contributed by atoms with Gasteiger partial charge in [-0.05, 0) is 37.9 Å². The van der Waals surface area contributed by atoms with Gasteiger partial charge in [-0.3, -0.25) is 0 Å². The third-order valence-corrected chi connectivity index (χ3v) is 2.72. The van der Waals surface area contributed by atoms with Crippen molar-refractivity contribution in [3.8, 4) is 17.2 Å². The largest absolute Gasteiger partial charge is 0.503 e. The smallest absolute Gasteiger partial charge is 0.205 e. The Bertz CT molecular complexity index is 326. The predicted octanol–water partition coefficient (Wildman–Crippen LogP) is 2.93. The standard InChI is InChI=1S/C8H8Br2O3/c1-12-7-5(10)3-4(9)6(11)8(7)13-2/h3,11H,1-2H3. The van der Waals surface area contributed by atoms with Crippen molar-refractivity contribution in [1.82, 2.24) is 0 Å². The lowest BCUT2D eigenvalue weighted by Crippen LogP contribution is -1.92. The van der Waals surface area contributed by atoms with Crippen LogP contribution in [0.25, 0.3) is 0 Å². The monoisotopic (exact) mass is 310 g/mol. The van der Waals surface area contributed by atoms with Crippen LogP contribution < -0.4 is 9.47 Å². The number of hydrogen-bond donors (Lipinski definition) is 1. The minimum absolute atomic E-state index is 0.0301. The molecule has 72 valence electrons. The average molecular weight is 312 g/mol. The molecule has 0 spiro atoms. The van der Waals surface area contributed by atoms with Gasteiger partial charge in [-0.15, -0.1) is 0 Å². The van der Waals surface area contributed by atoms with Crippen molar-refractivity contribution in [2.45, 2.75) is 0 Å². The summed E-state index contributed by atoms with van der Waals surface area (Å²) in [7, 11) is 2.98. The Morgan fingerprint density at radius 1 is 1.08 bits per heavy atom. The summed E-state index contributed by atoms with van der Waals surface area (Å²) in [4.78, 5) is 0.